The molecule has 2 atom stereocenters. The average molecular weight is 234 g/mol. The van der Waals surface area contributed by atoms with Crippen molar-refractivity contribution < 1.29 is 9.53 Å². The highest BCUT2D eigenvalue weighted by atomic mass is 16.5. The Morgan fingerprint density at radius 2 is 2.24 bits per heavy atom. The number of hydrogen-bond acceptors (Lipinski definition) is 4. The van der Waals surface area contributed by atoms with Gasteiger partial charge in [0, 0.05) is 12.6 Å². The summed E-state index contributed by atoms with van der Waals surface area (Å²) in [5.74, 6) is -0.233. The van der Waals surface area contributed by atoms with Crippen LogP contribution in [0, 0.1) is 0 Å². The normalized spacial score (nSPS) is 21.1. The Bertz CT molecular complexity index is 361. The number of methoxy groups -OCH3 is 1. The minimum Gasteiger partial charge on any atom is -0.468 e. The Balaban J connectivity index is 2.10. The lowest BCUT2D eigenvalue weighted by molar-refractivity contribution is -0.143. The smallest absolute Gasteiger partial charge is 0.327 e. The zero-order valence-electron chi connectivity index (χ0n) is 9.98. The van der Waals surface area contributed by atoms with E-state index in [4.69, 9.17) is 4.74 Å². The van der Waals surface area contributed by atoms with Crippen molar-refractivity contribution in [3.05, 3.63) is 35.9 Å². The summed E-state index contributed by atoms with van der Waals surface area (Å²) in [5, 5.41) is 6.62. The Kier molecular flexibility index (Phi) is 4.12. The van der Waals surface area contributed by atoms with Crippen molar-refractivity contribution in [2.75, 3.05) is 20.2 Å². The van der Waals surface area contributed by atoms with Crippen LogP contribution in [-0.4, -0.2) is 32.2 Å². The van der Waals surface area contributed by atoms with Crippen LogP contribution in [0.4, 0.5) is 0 Å². The topological polar surface area (TPSA) is 50.4 Å². The molecule has 0 aliphatic carbocycles. The second kappa shape index (κ2) is 5.80. The third-order valence-electron chi connectivity index (χ3n) is 3.03. The molecule has 1 heterocycles. The van der Waals surface area contributed by atoms with Crippen molar-refractivity contribution >= 4 is 5.97 Å². The number of rotatable bonds is 4. The van der Waals surface area contributed by atoms with Gasteiger partial charge in [-0.2, -0.15) is 0 Å². The van der Waals surface area contributed by atoms with E-state index in [0.717, 1.165) is 25.1 Å². The van der Waals surface area contributed by atoms with Crippen molar-refractivity contribution in [1.29, 1.82) is 0 Å². The van der Waals surface area contributed by atoms with Crippen molar-refractivity contribution in [2.45, 2.75) is 18.5 Å². The third kappa shape index (κ3) is 3.05. The lowest BCUT2D eigenvalue weighted by atomic mass is 10.1. The van der Waals surface area contributed by atoms with E-state index in [0.29, 0.717) is 6.04 Å². The van der Waals surface area contributed by atoms with Gasteiger partial charge in [0.2, 0.25) is 0 Å². The monoisotopic (exact) mass is 234 g/mol. The minimum atomic E-state index is -0.369. The fourth-order valence-corrected chi connectivity index (χ4v) is 2.10. The first kappa shape index (κ1) is 12.1. The molecule has 4 nitrogen and oxygen atoms in total. The van der Waals surface area contributed by atoms with Gasteiger partial charge in [0.1, 0.15) is 6.04 Å². The average Bonchev–Trinajstić information content (AvgIpc) is 2.89. The second-order valence-electron chi connectivity index (χ2n) is 4.22. The maximum atomic E-state index is 11.8. The number of hydrogen-bond donors (Lipinski definition) is 2. The second-order valence-corrected chi connectivity index (χ2v) is 4.22. The van der Waals surface area contributed by atoms with Crippen LogP contribution < -0.4 is 10.6 Å². The van der Waals surface area contributed by atoms with Crippen LogP contribution in [0.3, 0.4) is 0 Å². The summed E-state index contributed by atoms with van der Waals surface area (Å²) in [6, 6.07) is 9.65. The molecule has 1 aromatic rings. The quantitative estimate of drug-likeness (QED) is 0.758. The fraction of sp³-hybridized carbons (Fsp3) is 0.462. The maximum Gasteiger partial charge on any atom is 0.327 e. The molecule has 1 aliphatic heterocycles. The molecule has 2 N–H and O–H groups in total. The fourth-order valence-electron chi connectivity index (χ4n) is 2.10. The number of ether oxygens (including phenoxy) is 1. The highest BCUT2D eigenvalue weighted by Gasteiger charge is 2.25. The summed E-state index contributed by atoms with van der Waals surface area (Å²) in [4.78, 5) is 11.8. The summed E-state index contributed by atoms with van der Waals surface area (Å²) in [6.45, 7) is 1.90. The molecule has 2 rings (SSSR count). The number of nitrogens with one attached hydrogen (secondary N) is 2. The van der Waals surface area contributed by atoms with Gasteiger partial charge in [-0.3, -0.25) is 5.32 Å². The van der Waals surface area contributed by atoms with Gasteiger partial charge < -0.3 is 10.1 Å². The predicted octanol–water partition coefficient (Wildman–Crippen LogP) is 0.852. The SMILES string of the molecule is COC(=O)C(NC1CCNC1)c1ccccc1. The van der Waals surface area contributed by atoms with Crippen molar-refractivity contribution in [3.63, 3.8) is 0 Å². The lowest BCUT2D eigenvalue weighted by Crippen LogP contribution is -2.38. The van der Waals surface area contributed by atoms with Crippen LogP contribution in [0.25, 0.3) is 0 Å². The Morgan fingerprint density at radius 1 is 1.47 bits per heavy atom. The molecular weight excluding hydrogens is 216 g/mol. The molecule has 0 amide bonds. The highest BCUT2D eigenvalue weighted by molar-refractivity contribution is 5.77. The number of benzene rings is 1. The van der Waals surface area contributed by atoms with E-state index in [9.17, 15) is 4.79 Å². The van der Waals surface area contributed by atoms with Crippen LogP contribution in [0.2, 0.25) is 0 Å². The molecule has 1 aliphatic rings. The summed E-state index contributed by atoms with van der Waals surface area (Å²) in [7, 11) is 1.42. The number of carbonyl (C=O) groups excluding carboxylic acids is 1. The zero-order valence-corrected chi connectivity index (χ0v) is 9.98. The van der Waals surface area contributed by atoms with Gasteiger partial charge in [-0.15, -0.1) is 0 Å². The van der Waals surface area contributed by atoms with Gasteiger partial charge in [0.15, 0.2) is 0 Å². The maximum absolute atomic E-state index is 11.8. The van der Waals surface area contributed by atoms with E-state index < -0.39 is 0 Å². The third-order valence-corrected chi connectivity index (χ3v) is 3.03. The summed E-state index contributed by atoms with van der Waals surface area (Å²) in [5.41, 5.74) is 0.950. The molecule has 92 valence electrons. The summed E-state index contributed by atoms with van der Waals surface area (Å²) < 4.78 is 4.86. The van der Waals surface area contributed by atoms with Crippen LogP contribution in [0.1, 0.15) is 18.0 Å². The molecule has 0 saturated carbocycles. The van der Waals surface area contributed by atoms with E-state index in [-0.39, 0.29) is 12.0 Å². The summed E-state index contributed by atoms with van der Waals surface area (Å²) in [6.07, 6.45) is 1.04. The molecule has 17 heavy (non-hydrogen) atoms. The van der Waals surface area contributed by atoms with E-state index in [2.05, 4.69) is 10.6 Å². The molecule has 0 bridgehead atoms. The van der Waals surface area contributed by atoms with Gasteiger partial charge in [0.05, 0.1) is 7.11 Å². The molecule has 0 radical (unpaired) electrons. The first-order valence-corrected chi connectivity index (χ1v) is 5.91. The highest BCUT2D eigenvalue weighted by Crippen LogP contribution is 2.16. The minimum absolute atomic E-state index is 0.233. The van der Waals surface area contributed by atoms with Crippen molar-refractivity contribution in [3.8, 4) is 0 Å². The standard InChI is InChI=1S/C13H18N2O2/c1-17-13(16)12(10-5-3-2-4-6-10)15-11-7-8-14-9-11/h2-6,11-12,14-15H,7-9H2,1H3. The first-order valence-electron chi connectivity index (χ1n) is 5.91. The van der Waals surface area contributed by atoms with Crippen LogP contribution in [-0.2, 0) is 9.53 Å². The Morgan fingerprint density at radius 3 is 2.82 bits per heavy atom. The molecule has 4 heteroatoms. The Hall–Kier alpha value is -1.39. The molecule has 2 unspecified atom stereocenters. The van der Waals surface area contributed by atoms with Crippen LogP contribution in [0.15, 0.2) is 30.3 Å². The number of esters is 1. The molecule has 0 aromatic heterocycles. The van der Waals surface area contributed by atoms with Gasteiger partial charge >= 0.3 is 5.97 Å². The van der Waals surface area contributed by atoms with E-state index >= 15 is 0 Å². The van der Waals surface area contributed by atoms with Crippen molar-refractivity contribution in [2.24, 2.45) is 0 Å². The van der Waals surface area contributed by atoms with Crippen LogP contribution >= 0.6 is 0 Å². The zero-order chi connectivity index (χ0) is 12.1. The predicted molar refractivity (Wildman–Crippen MR) is 65.6 cm³/mol. The molecule has 1 aromatic carbocycles. The molecule has 1 saturated heterocycles. The summed E-state index contributed by atoms with van der Waals surface area (Å²) >= 11 is 0. The van der Waals surface area contributed by atoms with E-state index in [1.54, 1.807) is 0 Å². The molecular formula is C13H18N2O2. The largest absolute Gasteiger partial charge is 0.468 e. The van der Waals surface area contributed by atoms with Gasteiger partial charge in [0.25, 0.3) is 0 Å². The van der Waals surface area contributed by atoms with E-state index in [1.165, 1.54) is 7.11 Å². The number of carbonyl (C=O) groups is 1. The van der Waals surface area contributed by atoms with Crippen molar-refractivity contribution in [1.82, 2.24) is 10.6 Å². The first-order chi connectivity index (χ1) is 8.31. The van der Waals surface area contributed by atoms with Crippen LogP contribution in [0.5, 0.6) is 0 Å². The van der Waals surface area contributed by atoms with Gasteiger partial charge in [-0.1, -0.05) is 30.3 Å². The Labute approximate surface area is 101 Å². The molecule has 0 spiro atoms. The van der Waals surface area contributed by atoms with Gasteiger partial charge in [-0.25, -0.2) is 4.79 Å². The molecule has 1 fully saturated rings. The lowest BCUT2D eigenvalue weighted by Gasteiger charge is -2.20. The van der Waals surface area contributed by atoms with E-state index in [1.807, 2.05) is 30.3 Å². The van der Waals surface area contributed by atoms with Gasteiger partial charge in [-0.05, 0) is 18.5 Å².